The van der Waals surface area contributed by atoms with Gasteiger partial charge in [-0.2, -0.15) is 5.10 Å². The van der Waals surface area contributed by atoms with Gasteiger partial charge in [-0.25, -0.2) is 0 Å². The molecule has 0 unspecified atom stereocenters. The van der Waals surface area contributed by atoms with Crippen molar-refractivity contribution in [3.05, 3.63) is 41.2 Å². The Kier molecular flexibility index (Phi) is 3.73. The lowest BCUT2D eigenvalue weighted by Gasteiger charge is -2.26. The van der Waals surface area contributed by atoms with Crippen LogP contribution in [0, 0.1) is 0 Å². The lowest BCUT2D eigenvalue weighted by Crippen LogP contribution is -2.22. The van der Waals surface area contributed by atoms with Crippen molar-refractivity contribution in [2.45, 2.75) is 38.3 Å². The highest BCUT2D eigenvalue weighted by Gasteiger charge is 2.26. The first-order chi connectivity index (χ1) is 11.2. The summed E-state index contributed by atoms with van der Waals surface area (Å²) in [6.07, 6.45) is 2.57. The number of hydrogen-bond donors (Lipinski definition) is 1. The number of benzene rings is 1. The standard InChI is InChI=1S/C18H23N3O2/c1-12(14-5-6-17-18(9-14)23-8-7-22-17)21(2)11-15-10-16(20-19-15)13-3-4-13/h5-6,9-10,12-13H,3-4,7-8,11H2,1-2H3,(H,19,20)/t12-/m1/s1. The zero-order valence-electron chi connectivity index (χ0n) is 13.7. The van der Waals surface area contributed by atoms with Gasteiger partial charge in [0.2, 0.25) is 0 Å². The minimum absolute atomic E-state index is 0.290. The van der Waals surface area contributed by atoms with Gasteiger partial charge in [-0.3, -0.25) is 10.00 Å². The van der Waals surface area contributed by atoms with Gasteiger partial charge in [0.15, 0.2) is 11.5 Å². The summed E-state index contributed by atoms with van der Waals surface area (Å²) in [5.41, 5.74) is 3.64. The maximum absolute atomic E-state index is 5.69. The molecule has 1 fully saturated rings. The van der Waals surface area contributed by atoms with Crippen molar-refractivity contribution in [3.8, 4) is 11.5 Å². The Bertz CT molecular complexity index is 693. The van der Waals surface area contributed by atoms with Crippen LogP contribution in [0.15, 0.2) is 24.3 Å². The van der Waals surface area contributed by atoms with Crippen molar-refractivity contribution in [2.75, 3.05) is 20.3 Å². The second-order valence-electron chi connectivity index (χ2n) is 6.59. The molecule has 23 heavy (non-hydrogen) atoms. The minimum atomic E-state index is 0.290. The third-order valence-electron chi connectivity index (χ3n) is 4.78. The largest absolute Gasteiger partial charge is 0.486 e. The van der Waals surface area contributed by atoms with Gasteiger partial charge in [0.25, 0.3) is 0 Å². The highest BCUT2D eigenvalue weighted by Crippen LogP contribution is 2.39. The van der Waals surface area contributed by atoms with Crippen LogP contribution in [-0.2, 0) is 6.54 Å². The van der Waals surface area contributed by atoms with E-state index >= 15 is 0 Å². The van der Waals surface area contributed by atoms with E-state index in [2.05, 4.69) is 47.3 Å². The molecule has 1 aromatic heterocycles. The van der Waals surface area contributed by atoms with E-state index in [0.717, 1.165) is 18.0 Å². The van der Waals surface area contributed by atoms with Crippen LogP contribution >= 0.6 is 0 Å². The number of H-pyrrole nitrogens is 1. The van der Waals surface area contributed by atoms with E-state index in [1.54, 1.807) is 0 Å². The van der Waals surface area contributed by atoms with Crippen LogP contribution in [0.4, 0.5) is 0 Å². The van der Waals surface area contributed by atoms with Gasteiger partial charge in [0, 0.05) is 24.2 Å². The van der Waals surface area contributed by atoms with Crippen LogP contribution in [0.5, 0.6) is 11.5 Å². The molecule has 1 aliphatic carbocycles. The topological polar surface area (TPSA) is 50.4 Å². The number of ether oxygens (including phenoxy) is 2. The monoisotopic (exact) mass is 313 g/mol. The Morgan fingerprint density at radius 3 is 2.78 bits per heavy atom. The predicted molar refractivity (Wildman–Crippen MR) is 87.9 cm³/mol. The molecule has 0 amide bonds. The smallest absolute Gasteiger partial charge is 0.161 e. The second kappa shape index (κ2) is 5.89. The van der Waals surface area contributed by atoms with Crippen molar-refractivity contribution in [2.24, 2.45) is 0 Å². The molecule has 1 atom stereocenters. The zero-order chi connectivity index (χ0) is 15.8. The van der Waals surface area contributed by atoms with Crippen molar-refractivity contribution >= 4 is 0 Å². The first kappa shape index (κ1) is 14.6. The summed E-state index contributed by atoms with van der Waals surface area (Å²) in [5, 5.41) is 7.61. The van der Waals surface area contributed by atoms with E-state index < -0.39 is 0 Å². The fourth-order valence-electron chi connectivity index (χ4n) is 3.03. The molecule has 5 nitrogen and oxygen atoms in total. The van der Waals surface area contributed by atoms with Crippen LogP contribution in [0.25, 0.3) is 0 Å². The van der Waals surface area contributed by atoms with Gasteiger partial charge < -0.3 is 9.47 Å². The summed E-state index contributed by atoms with van der Waals surface area (Å²) in [4.78, 5) is 2.32. The molecule has 5 heteroatoms. The van der Waals surface area contributed by atoms with E-state index in [1.165, 1.54) is 29.8 Å². The van der Waals surface area contributed by atoms with Gasteiger partial charge in [-0.1, -0.05) is 6.07 Å². The Morgan fingerprint density at radius 1 is 1.22 bits per heavy atom. The van der Waals surface area contributed by atoms with Gasteiger partial charge in [-0.05, 0) is 50.6 Å². The number of nitrogens with one attached hydrogen (secondary N) is 1. The predicted octanol–water partition coefficient (Wildman–Crippen LogP) is 3.25. The summed E-state index contributed by atoms with van der Waals surface area (Å²) in [7, 11) is 2.14. The first-order valence-electron chi connectivity index (χ1n) is 8.34. The van der Waals surface area contributed by atoms with E-state index in [1.807, 2.05) is 6.07 Å². The quantitative estimate of drug-likeness (QED) is 0.920. The molecule has 2 aromatic rings. The SMILES string of the molecule is C[C@H](c1ccc2c(c1)OCCO2)N(C)Cc1cc(C2CC2)n[nH]1. The summed E-state index contributed by atoms with van der Waals surface area (Å²) in [6, 6.07) is 8.73. The fraction of sp³-hybridized carbons (Fsp3) is 0.500. The maximum Gasteiger partial charge on any atom is 0.161 e. The molecule has 1 aromatic carbocycles. The Hall–Kier alpha value is -2.01. The number of rotatable bonds is 5. The number of hydrogen-bond acceptors (Lipinski definition) is 4. The van der Waals surface area contributed by atoms with Crippen molar-refractivity contribution in [3.63, 3.8) is 0 Å². The summed E-state index contributed by atoms with van der Waals surface area (Å²) in [6.45, 7) is 4.32. The summed E-state index contributed by atoms with van der Waals surface area (Å²) >= 11 is 0. The molecule has 1 saturated carbocycles. The summed E-state index contributed by atoms with van der Waals surface area (Å²) < 4.78 is 11.3. The molecule has 0 spiro atoms. The molecule has 0 saturated heterocycles. The van der Waals surface area contributed by atoms with Gasteiger partial charge in [-0.15, -0.1) is 0 Å². The van der Waals surface area contributed by atoms with Crippen molar-refractivity contribution in [1.29, 1.82) is 0 Å². The lowest BCUT2D eigenvalue weighted by atomic mass is 10.1. The highest BCUT2D eigenvalue weighted by molar-refractivity contribution is 5.44. The van der Waals surface area contributed by atoms with Crippen LogP contribution < -0.4 is 9.47 Å². The van der Waals surface area contributed by atoms with Crippen LogP contribution in [-0.4, -0.2) is 35.4 Å². The molecule has 1 N–H and O–H groups in total. The fourth-order valence-corrected chi connectivity index (χ4v) is 3.03. The molecule has 0 radical (unpaired) electrons. The number of aromatic amines is 1. The number of aromatic nitrogens is 2. The maximum atomic E-state index is 5.69. The van der Waals surface area contributed by atoms with Crippen LogP contribution in [0.3, 0.4) is 0 Å². The molecular weight excluding hydrogens is 290 g/mol. The number of nitrogens with zero attached hydrogens (tertiary/aromatic N) is 2. The number of fused-ring (bicyclic) bond motifs is 1. The van der Waals surface area contributed by atoms with Gasteiger partial charge in [0.1, 0.15) is 13.2 Å². The first-order valence-corrected chi connectivity index (χ1v) is 8.34. The highest BCUT2D eigenvalue weighted by atomic mass is 16.6. The average molecular weight is 313 g/mol. The van der Waals surface area contributed by atoms with Crippen LogP contribution in [0.1, 0.15) is 48.7 Å². The zero-order valence-corrected chi connectivity index (χ0v) is 13.7. The Labute approximate surface area is 136 Å². The molecule has 2 heterocycles. The third-order valence-corrected chi connectivity index (χ3v) is 4.78. The minimum Gasteiger partial charge on any atom is -0.486 e. The molecular formula is C18H23N3O2. The molecule has 122 valence electrons. The van der Waals surface area contributed by atoms with E-state index in [9.17, 15) is 0 Å². The van der Waals surface area contributed by atoms with E-state index in [0.29, 0.717) is 25.2 Å². The second-order valence-corrected chi connectivity index (χ2v) is 6.59. The Morgan fingerprint density at radius 2 is 2.00 bits per heavy atom. The molecule has 1 aliphatic heterocycles. The van der Waals surface area contributed by atoms with E-state index in [-0.39, 0.29) is 0 Å². The van der Waals surface area contributed by atoms with Crippen molar-refractivity contribution < 1.29 is 9.47 Å². The van der Waals surface area contributed by atoms with Gasteiger partial charge in [0.05, 0.1) is 5.69 Å². The average Bonchev–Trinajstić information content (AvgIpc) is 3.33. The lowest BCUT2D eigenvalue weighted by molar-refractivity contribution is 0.170. The molecule has 2 aliphatic rings. The summed E-state index contributed by atoms with van der Waals surface area (Å²) in [5.74, 6) is 2.39. The normalized spacial score (nSPS) is 18.2. The molecule has 0 bridgehead atoms. The van der Waals surface area contributed by atoms with Gasteiger partial charge >= 0.3 is 0 Å². The van der Waals surface area contributed by atoms with Crippen LogP contribution in [0.2, 0.25) is 0 Å². The Balaban J connectivity index is 1.45. The molecule has 4 rings (SSSR count). The van der Waals surface area contributed by atoms with E-state index in [4.69, 9.17) is 9.47 Å². The van der Waals surface area contributed by atoms with Crippen molar-refractivity contribution in [1.82, 2.24) is 15.1 Å². The third kappa shape index (κ3) is 3.06.